The van der Waals surface area contributed by atoms with Gasteiger partial charge in [-0.1, -0.05) is 16.8 Å². The van der Waals surface area contributed by atoms with Gasteiger partial charge < -0.3 is 4.74 Å². The van der Waals surface area contributed by atoms with E-state index in [0.717, 1.165) is 0 Å². The molecule has 2 aromatic rings. The molecule has 0 aliphatic carbocycles. The first-order valence-corrected chi connectivity index (χ1v) is 4.19. The first kappa shape index (κ1) is 8.96. The smallest absolute Gasteiger partial charge is 0.340 e. The number of fused-ring (bicyclic) bond motifs is 1. The third-order valence-electron chi connectivity index (χ3n) is 1.81. The lowest BCUT2D eigenvalue weighted by Gasteiger charge is -2.00. The van der Waals surface area contributed by atoms with E-state index in [0.29, 0.717) is 21.6 Å². The maximum Gasteiger partial charge on any atom is 0.340 e. The predicted octanol–water partition coefficient (Wildman–Crippen LogP) is 1.40. The van der Waals surface area contributed by atoms with E-state index < -0.39 is 5.97 Å². The van der Waals surface area contributed by atoms with Crippen molar-refractivity contribution < 1.29 is 9.53 Å². The quantitative estimate of drug-likeness (QED) is 0.724. The number of benzene rings is 1. The van der Waals surface area contributed by atoms with Gasteiger partial charge in [0.2, 0.25) is 0 Å². The molecule has 0 unspecified atom stereocenters. The number of carbonyl (C=O) groups excluding carboxylic acids is 1. The van der Waals surface area contributed by atoms with Crippen LogP contribution in [0.4, 0.5) is 0 Å². The number of esters is 1. The highest BCUT2D eigenvalue weighted by Gasteiger charge is 2.13. The summed E-state index contributed by atoms with van der Waals surface area (Å²) in [6.45, 7) is 0. The number of hydrogen-bond acceptors (Lipinski definition) is 4. The number of aromatic amines is 1. The maximum absolute atomic E-state index is 11.3. The monoisotopic (exact) mass is 211 g/mol. The lowest BCUT2D eigenvalue weighted by molar-refractivity contribution is 0.0603. The second-order valence-corrected chi connectivity index (χ2v) is 3.09. The van der Waals surface area contributed by atoms with Crippen LogP contribution in [0, 0.1) is 0 Å². The van der Waals surface area contributed by atoms with Gasteiger partial charge >= 0.3 is 5.97 Å². The number of hydrogen-bond donors (Lipinski definition) is 1. The van der Waals surface area contributed by atoms with Crippen molar-refractivity contribution in [3.8, 4) is 0 Å². The van der Waals surface area contributed by atoms with Crippen molar-refractivity contribution in [3.05, 3.63) is 22.7 Å². The molecule has 1 aromatic heterocycles. The largest absolute Gasteiger partial charge is 0.465 e. The van der Waals surface area contributed by atoms with E-state index in [2.05, 4.69) is 20.1 Å². The van der Waals surface area contributed by atoms with Crippen molar-refractivity contribution in [2.24, 2.45) is 0 Å². The van der Waals surface area contributed by atoms with E-state index >= 15 is 0 Å². The Balaban J connectivity index is 2.72. The van der Waals surface area contributed by atoms with Crippen LogP contribution in [0.25, 0.3) is 11.0 Å². The average molecular weight is 212 g/mol. The lowest BCUT2D eigenvalue weighted by Crippen LogP contribution is -2.02. The summed E-state index contributed by atoms with van der Waals surface area (Å²) in [6, 6.07) is 3.13. The summed E-state index contributed by atoms with van der Waals surface area (Å²) in [4.78, 5) is 11.3. The molecular weight excluding hydrogens is 206 g/mol. The zero-order chi connectivity index (χ0) is 10.1. The maximum atomic E-state index is 11.3. The Bertz CT molecular complexity index is 494. The fourth-order valence-corrected chi connectivity index (χ4v) is 1.40. The van der Waals surface area contributed by atoms with Gasteiger partial charge in [-0.2, -0.15) is 0 Å². The number of rotatable bonds is 1. The molecule has 1 N–H and O–H groups in total. The standard InChI is InChI=1S/C8H6ClN3O2/c1-14-8(13)5-2-4(9)3-6-7(5)11-12-10-6/h2-3H,1H3,(H,10,11,12). The van der Waals surface area contributed by atoms with Crippen LogP contribution < -0.4 is 0 Å². The van der Waals surface area contributed by atoms with Crippen LogP contribution >= 0.6 is 11.6 Å². The highest BCUT2D eigenvalue weighted by molar-refractivity contribution is 6.31. The summed E-state index contributed by atoms with van der Waals surface area (Å²) >= 11 is 5.79. The van der Waals surface area contributed by atoms with E-state index in [4.69, 9.17) is 11.6 Å². The summed E-state index contributed by atoms with van der Waals surface area (Å²) in [5.74, 6) is -0.469. The number of aromatic nitrogens is 3. The van der Waals surface area contributed by atoms with Crippen molar-refractivity contribution >= 4 is 28.6 Å². The van der Waals surface area contributed by atoms with Crippen LogP contribution in [-0.2, 0) is 4.74 Å². The highest BCUT2D eigenvalue weighted by Crippen LogP contribution is 2.20. The molecule has 0 amide bonds. The topological polar surface area (TPSA) is 67.9 Å². The Hall–Kier alpha value is -1.62. The van der Waals surface area contributed by atoms with Crippen LogP contribution in [0.15, 0.2) is 12.1 Å². The van der Waals surface area contributed by atoms with Crippen molar-refractivity contribution in [3.63, 3.8) is 0 Å². The number of carbonyl (C=O) groups is 1. The number of ether oxygens (including phenoxy) is 1. The lowest BCUT2D eigenvalue weighted by atomic mass is 10.2. The third kappa shape index (κ3) is 1.31. The predicted molar refractivity (Wildman–Crippen MR) is 50.2 cm³/mol. The first-order valence-electron chi connectivity index (χ1n) is 3.81. The van der Waals surface area contributed by atoms with Gasteiger partial charge in [-0.15, -0.1) is 5.10 Å². The van der Waals surface area contributed by atoms with Crippen molar-refractivity contribution in [2.75, 3.05) is 7.11 Å². The number of H-pyrrole nitrogens is 1. The van der Waals surface area contributed by atoms with Gasteiger partial charge in [0.25, 0.3) is 0 Å². The molecule has 0 radical (unpaired) electrons. The van der Waals surface area contributed by atoms with Crippen molar-refractivity contribution in [1.29, 1.82) is 0 Å². The second-order valence-electron chi connectivity index (χ2n) is 2.65. The molecule has 0 saturated heterocycles. The Morgan fingerprint density at radius 1 is 1.57 bits per heavy atom. The van der Waals surface area contributed by atoms with Gasteiger partial charge in [-0.3, -0.25) is 5.10 Å². The van der Waals surface area contributed by atoms with Crippen molar-refractivity contribution in [1.82, 2.24) is 15.4 Å². The molecule has 0 fully saturated rings. The van der Waals surface area contributed by atoms with Crippen LogP contribution in [0.1, 0.15) is 10.4 Å². The molecule has 72 valence electrons. The average Bonchev–Trinajstić information content (AvgIpc) is 2.62. The minimum atomic E-state index is -0.469. The number of nitrogens with zero attached hydrogens (tertiary/aromatic N) is 2. The van der Waals surface area contributed by atoms with Gasteiger partial charge in [-0.05, 0) is 12.1 Å². The van der Waals surface area contributed by atoms with Crippen LogP contribution in [0.2, 0.25) is 5.02 Å². The van der Waals surface area contributed by atoms with Gasteiger partial charge in [0.1, 0.15) is 11.0 Å². The van der Waals surface area contributed by atoms with Crippen LogP contribution in [0.5, 0.6) is 0 Å². The fourth-order valence-electron chi connectivity index (χ4n) is 1.19. The molecule has 2 rings (SSSR count). The number of nitrogens with one attached hydrogen (secondary N) is 1. The molecule has 0 spiro atoms. The Kier molecular flexibility index (Phi) is 2.09. The third-order valence-corrected chi connectivity index (χ3v) is 2.03. The Labute approximate surface area is 84.0 Å². The van der Waals surface area contributed by atoms with Gasteiger partial charge in [0, 0.05) is 5.02 Å². The fraction of sp³-hybridized carbons (Fsp3) is 0.125. The molecule has 0 aliphatic rings. The molecule has 5 nitrogen and oxygen atoms in total. The number of methoxy groups -OCH3 is 1. The zero-order valence-electron chi connectivity index (χ0n) is 7.24. The Morgan fingerprint density at radius 2 is 2.36 bits per heavy atom. The van der Waals surface area contributed by atoms with Gasteiger partial charge in [-0.25, -0.2) is 4.79 Å². The minimum absolute atomic E-state index is 0.333. The van der Waals surface area contributed by atoms with E-state index in [1.165, 1.54) is 13.2 Å². The van der Waals surface area contributed by atoms with Crippen LogP contribution in [-0.4, -0.2) is 28.5 Å². The van der Waals surface area contributed by atoms with E-state index in [-0.39, 0.29) is 0 Å². The van der Waals surface area contributed by atoms with E-state index in [1.807, 2.05) is 0 Å². The molecule has 0 saturated carbocycles. The van der Waals surface area contributed by atoms with E-state index in [9.17, 15) is 4.79 Å². The molecule has 0 atom stereocenters. The van der Waals surface area contributed by atoms with E-state index in [1.54, 1.807) is 6.07 Å². The first-order chi connectivity index (χ1) is 6.72. The summed E-state index contributed by atoms with van der Waals surface area (Å²) in [7, 11) is 1.30. The Morgan fingerprint density at radius 3 is 3.07 bits per heavy atom. The zero-order valence-corrected chi connectivity index (χ0v) is 8.00. The van der Waals surface area contributed by atoms with Gasteiger partial charge in [0.05, 0.1) is 12.7 Å². The summed E-state index contributed by atoms with van der Waals surface area (Å²) in [5.41, 5.74) is 1.40. The molecule has 1 aromatic carbocycles. The molecule has 14 heavy (non-hydrogen) atoms. The summed E-state index contributed by atoms with van der Waals surface area (Å²) < 4.78 is 4.60. The summed E-state index contributed by atoms with van der Waals surface area (Å²) in [6.07, 6.45) is 0. The summed E-state index contributed by atoms with van der Waals surface area (Å²) in [5, 5.41) is 10.4. The molecule has 0 bridgehead atoms. The molecule has 1 heterocycles. The van der Waals surface area contributed by atoms with Gasteiger partial charge in [0.15, 0.2) is 0 Å². The van der Waals surface area contributed by atoms with Crippen LogP contribution in [0.3, 0.4) is 0 Å². The number of halogens is 1. The molecule has 0 aliphatic heterocycles. The minimum Gasteiger partial charge on any atom is -0.465 e. The normalized spacial score (nSPS) is 10.4. The molecular formula is C8H6ClN3O2. The van der Waals surface area contributed by atoms with Crippen molar-refractivity contribution in [2.45, 2.75) is 0 Å². The highest BCUT2D eigenvalue weighted by atomic mass is 35.5. The second kappa shape index (κ2) is 3.26. The molecule has 6 heteroatoms. The SMILES string of the molecule is COC(=O)c1cc(Cl)cc2nn[nH]c12.